The number of nitrogens with zero attached hydrogens (tertiary/aromatic N) is 4. The van der Waals surface area contributed by atoms with Gasteiger partial charge in [0.05, 0.1) is 23.8 Å². The summed E-state index contributed by atoms with van der Waals surface area (Å²) in [6.07, 6.45) is 0.888. The van der Waals surface area contributed by atoms with E-state index in [4.69, 9.17) is 19.3 Å². The van der Waals surface area contributed by atoms with Crippen molar-refractivity contribution in [3.63, 3.8) is 0 Å². The molecule has 202 valence electrons. The van der Waals surface area contributed by atoms with Crippen molar-refractivity contribution in [3.8, 4) is 0 Å². The highest BCUT2D eigenvalue weighted by Crippen LogP contribution is 2.41. The number of rotatable bonds is 3. The SMILES string of the molecule is CC(C)NC(=O)N1CCC2(CCn3c2nc2c(c3=O)CN(Cc3ccoc3)CC2)C1.O=C(O)C(F)(F)F. The molecule has 13 heteroatoms. The fraction of sp³-hybridized carbons (Fsp3) is 0.583. The van der Waals surface area contributed by atoms with E-state index in [2.05, 4.69) is 10.2 Å². The summed E-state index contributed by atoms with van der Waals surface area (Å²) in [5.41, 5.74) is 2.82. The molecule has 3 aliphatic heterocycles. The lowest BCUT2D eigenvalue weighted by molar-refractivity contribution is -0.192. The van der Waals surface area contributed by atoms with Crippen molar-refractivity contribution in [3.05, 3.63) is 51.6 Å². The van der Waals surface area contributed by atoms with Gasteiger partial charge in [0, 0.05) is 62.7 Å². The predicted octanol–water partition coefficient (Wildman–Crippen LogP) is 2.49. The summed E-state index contributed by atoms with van der Waals surface area (Å²) in [6, 6.07) is 2.06. The average molecular weight is 526 g/mol. The third-order valence-corrected chi connectivity index (χ3v) is 6.96. The Hall–Kier alpha value is -3.35. The molecule has 5 rings (SSSR count). The molecule has 2 aromatic rings. The summed E-state index contributed by atoms with van der Waals surface area (Å²) in [7, 11) is 0. The van der Waals surface area contributed by atoms with Crippen LogP contribution in [0, 0.1) is 0 Å². The number of aromatic nitrogens is 2. The van der Waals surface area contributed by atoms with Crippen molar-refractivity contribution < 1.29 is 32.3 Å². The third-order valence-electron chi connectivity index (χ3n) is 6.96. The first-order chi connectivity index (χ1) is 17.4. The van der Waals surface area contributed by atoms with Crippen LogP contribution in [0.4, 0.5) is 18.0 Å². The number of carboxylic acids is 1. The quantitative estimate of drug-likeness (QED) is 0.632. The fourth-order valence-electron chi connectivity index (χ4n) is 5.17. The van der Waals surface area contributed by atoms with Gasteiger partial charge >= 0.3 is 18.2 Å². The first-order valence-electron chi connectivity index (χ1n) is 12.1. The van der Waals surface area contributed by atoms with E-state index >= 15 is 0 Å². The molecular weight excluding hydrogens is 495 g/mol. The number of hydrogen-bond donors (Lipinski definition) is 2. The molecule has 0 aliphatic carbocycles. The highest BCUT2D eigenvalue weighted by molar-refractivity contribution is 5.75. The third kappa shape index (κ3) is 5.65. The summed E-state index contributed by atoms with van der Waals surface area (Å²) in [5.74, 6) is -1.86. The molecule has 1 fully saturated rings. The molecule has 3 aliphatic rings. The standard InChI is InChI=1S/C22H29N5O3.C2HF3O2/c1-15(2)23-21(29)26-8-5-22(14-26)6-9-27-19(28)17-12-25(11-16-4-10-30-13-16)7-3-18(17)24-20(22)27;3-2(4,5)1(6)7/h4,10,13,15H,3,5-9,11-12,14H2,1-2H3,(H,23,29);(H,6,7). The number of amides is 2. The van der Waals surface area contributed by atoms with Crippen LogP contribution in [0.2, 0.25) is 0 Å². The lowest BCUT2D eigenvalue weighted by atomic mass is 9.85. The second-order valence-electron chi connectivity index (χ2n) is 10.0. The van der Waals surface area contributed by atoms with Gasteiger partial charge in [-0.05, 0) is 32.8 Å². The van der Waals surface area contributed by atoms with Crippen LogP contribution in [-0.2, 0) is 36.3 Å². The number of carboxylic acid groups (broad SMARTS) is 1. The molecule has 37 heavy (non-hydrogen) atoms. The van der Waals surface area contributed by atoms with E-state index in [0.29, 0.717) is 26.2 Å². The molecule has 0 bridgehead atoms. The van der Waals surface area contributed by atoms with Crippen LogP contribution in [-0.4, -0.2) is 68.3 Å². The fourth-order valence-corrected chi connectivity index (χ4v) is 5.17. The van der Waals surface area contributed by atoms with E-state index in [1.807, 2.05) is 29.4 Å². The van der Waals surface area contributed by atoms with E-state index in [1.165, 1.54) is 0 Å². The minimum Gasteiger partial charge on any atom is -0.475 e. The number of hydrogen-bond acceptors (Lipinski definition) is 6. The monoisotopic (exact) mass is 525 g/mol. The molecule has 1 atom stereocenters. The number of halogens is 3. The summed E-state index contributed by atoms with van der Waals surface area (Å²) in [4.78, 5) is 43.9. The molecule has 1 spiro atoms. The van der Waals surface area contributed by atoms with Gasteiger partial charge in [0.25, 0.3) is 5.56 Å². The largest absolute Gasteiger partial charge is 0.490 e. The zero-order valence-corrected chi connectivity index (χ0v) is 20.7. The van der Waals surface area contributed by atoms with Crippen molar-refractivity contribution in [1.82, 2.24) is 24.7 Å². The maximum Gasteiger partial charge on any atom is 0.490 e. The van der Waals surface area contributed by atoms with Crippen molar-refractivity contribution in [2.24, 2.45) is 0 Å². The van der Waals surface area contributed by atoms with Crippen molar-refractivity contribution in [2.45, 2.75) is 70.4 Å². The van der Waals surface area contributed by atoms with E-state index in [0.717, 1.165) is 55.0 Å². The molecule has 2 amide bonds. The average Bonchev–Trinajstić information content (AvgIpc) is 3.56. The van der Waals surface area contributed by atoms with Gasteiger partial charge in [-0.25, -0.2) is 14.6 Å². The number of likely N-dealkylation sites (tertiary alicyclic amines) is 1. The first kappa shape index (κ1) is 26.7. The van der Waals surface area contributed by atoms with Gasteiger partial charge in [-0.3, -0.25) is 14.3 Å². The summed E-state index contributed by atoms with van der Waals surface area (Å²) in [5, 5.41) is 10.1. The predicted molar refractivity (Wildman–Crippen MR) is 125 cm³/mol. The van der Waals surface area contributed by atoms with E-state index in [9.17, 15) is 22.8 Å². The number of alkyl halides is 3. The van der Waals surface area contributed by atoms with Crippen LogP contribution in [0.25, 0.3) is 0 Å². The zero-order chi connectivity index (χ0) is 27.0. The molecule has 0 aromatic carbocycles. The Bertz CT molecular complexity index is 1210. The van der Waals surface area contributed by atoms with E-state index < -0.39 is 12.1 Å². The highest BCUT2D eigenvalue weighted by Gasteiger charge is 2.48. The Morgan fingerprint density at radius 1 is 1.24 bits per heavy atom. The molecular formula is C24H30F3N5O5. The van der Waals surface area contributed by atoms with Crippen LogP contribution in [0.15, 0.2) is 27.8 Å². The smallest absolute Gasteiger partial charge is 0.475 e. The lowest BCUT2D eigenvalue weighted by Crippen LogP contribution is -2.43. The van der Waals surface area contributed by atoms with E-state index in [1.54, 1.807) is 12.5 Å². The molecule has 0 radical (unpaired) electrons. The number of fused-ring (bicyclic) bond motifs is 3. The van der Waals surface area contributed by atoms with Crippen LogP contribution >= 0.6 is 0 Å². The Balaban J connectivity index is 0.000000405. The van der Waals surface area contributed by atoms with Gasteiger partial charge in [-0.1, -0.05) is 0 Å². The Morgan fingerprint density at radius 2 is 1.95 bits per heavy atom. The first-order valence-corrected chi connectivity index (χ1v) is 12.1. The number of carbonyl (C=O) groups excluding carboxylic acids is 1. The van der Waals surface area contributed by atoms with Crippen molar-refractivity contribution >= 4 is 12.0 Å². The van der Waals surface area contributed by atoms with E-state index in [-0.39, 0.29) is 23.0 Å². The van der Waals surface area contributed by atoms with Gasteiger partial charge < -0.3 is 19.7 Å². The molecule has 0 saturated carbocycles. The van der Waals surface area contributed by atoms with Gasteiger partial charge in [0.2, 0.25) is 0 Å². The summed E-state index contributed by atoms with van der Waals surface area (Å²) >= 11 is 0. The topological polar surface area (TPSA) is 121 Å². The molecule has 10 nitrogen and oxygen atoms in total. The highest BCUT2D eigenvalue weighted by atomic mass is 19.4. The maximum absolute atomic E-state index is 13.3. The number of furan rings is 1. The minimum absolute atomic E-state index is 0.0180. The lowest BCUT2D eigenvalue weighted by Gasteiger charge is -2.29. The Kier molecular flexibility index (Phi) is 7.36. The second-order valence-corrected chi connectivity index (χ2v) is 10.0. The van der Waals surface area contributed by atoms with Crippen LogP contribution in [0.3, 0.4) is 0 Å². The van der Waals surface area contributed by atoms with Crippen LogP contribution < -0.4 is 10.9 Å². The Labute approximate surface area is 211 Å². The molecule has 2 N–H and O–H groups in total. The summed E-state index contributed by atoms with van der Waals surface area (Å²) in [6.45, 7) is 8.27. The normalized spacial score (nSPS) is 21.0. The van der Waals surface area contributed by atoms with Crippen LogP contribution in [0.1, 0.15) is 49.3 Å². The molecule has 5 heterocycles. The van der Waals surface area contributed by atoms with Crippen molar-refractivity contribution in [2.75, 3.05) is 19.6 Å². The maximum atomic E-state index is 13.3. The zero-order valence-electron chi connectivity index (χ0n) is 20.7. The Morgan fingerprint density at radius 3 is 2.57 bits per heavy atom. The van der Waals surface area contributed by atoms with Crippen LogP contribution in [0.5, 0.6) is 0 Å². The molecule has 2 aromatic heterocycles. The van der Waals surface area contributed by atoms with Gasteiger partial charge in [-0.2, -0.15) is 13.2 Å². The second kappa shape index (κ2) is 10.2. The molecule has 1 unspecified atom stereocenters. The number of aliphatic carboxylic acids is 1. The molecule has 1 saturated heterocycles. The number of nitrogens with one attached hydrogen (secondary N) is 1. The van der Waals surface area contributed by atoms with Gasteiger partial charge in [-0.15, -0.1) is 0 Å². The number of carbonyl (C=O) groups is 2. The summed E-state index contributed by atoms with van der Waals surface area (Å²) < 4.78 is 38.8. The minimum atomic E-state index is -5.08. The van der Waals surface area contributed by atoms with Gasteiger partial charge in [0.1, 0.15) is 5.82 Å². The van der Waals surface area contributed by atoms with Crippen molar-refractivity contribution in [1.29, 1.82) is 0 Å². The van der Waals surface area contributed by atoms with Gasteiger partial charge in [0.15, 0.2) is 0 Å². The number of urea groups is 1.